The molecule has 0 unspecified atom stereocenters. The summed E-state index contributed by atoms with van der Waals surface area (Å²) in [7, 11) is 0. The molecule has 1 aromatic carbocycles. The molecule has 0 fully saturated rings. The minimum atomic E-state index is 0.857. The maximum atomic E-state index is 5.93. The number of fused-ring (bicyclic) bond motifs is 1. The van der Waals surface area contributed by atoms with Crippen LogP contribution in [0.15, 0.2) is 22.7 Å². The van der Waals surface area contributed by atoms with Crippen molar-refractivity contribution in [1.82, 2.24) is 0 Å². The van der Waals surface area contributed by atoms with E-state index in [2.05, 4.69) is 35.0 Å². The van der Waals surface area contributed by atoms with E-state index in [0.29, 0.717) is 0 Å². The van der Waals surface area contributed by atoms with Gasteiger partial charge in [-0.3, -0.25) is 0 Å². The molecule has 68 valence electrons. The molecule has 0 aliphatic heterocycles. The molecule has 1 heterocycles. The van der Waals surface area contributed by atoms with Gasteiger partial charge in [0.25, 0.3) is 0 Å². The first-order valence-electron chi connectivity index (χ1n) is 4.08. The number of rotatable bonds is 1. The molecule has 2 rings (SSSR count). The molecule has 0 aliphatic rings. The molecule has 0 amide bonds. The molecule has 2 aromatic rings. The number of thiophene rings is 1. The summed E-state index contributed by atoms with van der Waals surface area (Å²) >= 11 is 11.1. The van der Waals surface area contributed by atoms with Gasteiger partial charge >= 0.3 is 0 Å². The Balaban J connectivity index is 2.72. The zero-order valence-corrected chi connectivity index (χ0v) is 10.3. The van der Waals surface area contributed by atoms with E-state index >= 15 is 0 Å². The third-order valence-electron chi connectivity index (χ3n) is 2.04. The molecule has 0 N–H and O–H groups in total. The van der Waals surface area contributed by atoms with Crippen molar-refractivity contribution < 1.29 is 0 Å². The predicted octanol–water partition coefficient (Wildman–Crippen LogP) is 4.88. The summed E-state index contributed by atoms with van der Waals surface area (Å²) in [6.45, 7) is 2.15. The summed E-state index contributed by atoms with van der Waals surface area (Å²) in [5.41, 5.74) is 1.34. The summed E-state index contributed by atoms with van der Waals surface area (Å²) in [5, 5.41) is 1.25. The Morgan fingerprint density at radius 3 is 2.85 bits per heavy atom. The fourth-order valence-electron chi connectivity index (χ4n) is 1.35. The average molecular weight is 276 g/mol. The molecule has 0 atom stereocenters. The Labute approximate surface area is 94.7 Å². The number of benzene rings is 1. The minimum absolute atomic E-state index is 0.857. The summed E-state index contributed by atoms with van der Waals surface area (Å²) < 4.78 is 3.28. The second-order valence-electron chi connectivity index (χ2n) is 2.89. The molecule has 3 heteroatoms. The van der Waals surface area contributed by atoms with Crippen LogP contribution in [-0.2, 0) is 6.42 Å². The predicted molar refractivity (Wildman–Crippen MR) is 63.9 cm³/mol. The molecule has 0 bridgehead atoms. The van der Waals surface area contributed by atoms with Crippen LogP contribution in [0.1, 0.15) is 12.5 Å². The lowest BCUT2D eigenvalue weighted by molar-refractivity contribution is 1.13. The Bertz CT molecular complexity index is 447. The van der Waals surface area contributed by atoms with Gasteiger partial charge in [0.15, 0.2) is 0 Å². The Kier molecular flexibility index (Phi) is 2.63. The van der Waals surface area contributed by atoms with Crippen molar-refractivity contribution in [3.05, 3.63) is 32.6 Å². The SMILES string of the molecule is CCc1cc2cc(Cl)sc2cc1Br. The third-order valence-corrected chi connectivity index (χ3v) is 4.00. The maximum absolute atomic E-state index is 5.93. The molecule has 0 nitrogen and oxygen atoms in total. The van der Waals surface area contributed by atoms with Crippen molar-refractivity contribution in [3.63, 3.8) is 0 Å². The fraction of sp³-hybridized carbons (Fsp3) is 0.200. The average Bonchev–Trinajstić information content (AvgIpc) is 2.42. The van der Waals surface area contributed by atoms with Gasteiger partial charge in [0, 0.05) is 9.17 Å². The lowest BCUT2D eigenvalue weighted by Crippen LogP contribution is -1.80. The van der Waals surface area contributed by atoms with Crippen LogP contribution >= 0.6 is 38.9 Å². The highest BCUT2D eigenvalue weighted by atomic mass is 79.9. The quantitative estimate of drug-likeness (QED) is 0.696. The van der Waals surface area contributed by atoms with Crippen LogP contribution in [0.5, 0.6) is 0 Å². The van der Waals surface area contributed by atoms with Crippen molar-refractivity contribution in [2.24, 2.45) is 0 Å². The zero-order valence-electron chi connectivity index (χ0n) is 7.10. The molecule has 13 heavy (non-hydrogen) atoms. The number of halogens is 2. The largest absolute Gasteiger partial charge is 0.123 e. The first-order chi connectivity index (χ1) is 6.20. The monoisotopic (exact) mass is 274 g/mol. The van der Waals surface area contributed by atoms with E-state index in [1.807, 2.05) is 6.07 Å². The van der Waals surface area contributed by atoms with Crippen LogP contribution in [0.3, 0.4) is 0 Å². The lowest BCUT2D eigenvalue weighted by Gasteiger charge is -2.00. The molecule has 0 radical (unpaired) electrons. The highest BCUT2D eigenvalue weighted by Gasteiger charge is 2.04. The van der Waals surface area contributed by atoms with Gasteiger partial charge in [-0.05, 0) is 35.6 Å². The topological polar surface area (TPSA) is 0 Å². The second kappa shape index (κ2) is 3.60. The van der Waals surface area contributed by atoms with E-state index in [4.69, 9.17) is 11.6 Å². The summed E-state index contributed by atoms with van der Waals surface area (Å²) in [4.78, 5) is 0. The van der Waals surface area contributed by atoms with E-state index in [1.54, 1.807) is 11.3 Å². The van der Waals surface area contributed by atoms with Gasteiger partial charge < -0.3 is 0 Å². The third kappa shape index (κ3) is 1.76. The minimum Gasteiger partial charge on any atom is -0.123 e. The molecular formula is C10H8BrClS. The van der Waals surface area contributed by atoms with Crippen molar-refractivity contribution in [3.8, 4) is 0 Å². The maximum Gasteiger partial charge on any atom is 0.0940 e. The van der Waals surface area contributed by atoms with E-state index < -0.39 is 0 Å². The van der Waals surface area contributed by atoms with Crippen LogP contribution in [0.25, 0.3) is 10.1 Å². The van der Waals surface area contributed by atoms with Gasteiger partial charge in [-0.1, -0.05) is 34.5 Å². The summed E-state index contributed by atoms with van der Waals surface area (Å²) in [5.74, 6) is 0. The Hall–Kier alpha value is -0.0500. The van der Waals surface area contributed by atoms with Crippen LogP contribution < -0.4 is 0 Å². The van der Waals surface area contributed by atoms with Crippen LogP contribution in [0.2, 0.25) is 4.34 Å². The number of hydrogen-bond acceptors (Lipinski definition) is 1. The molecular weight excluding hydrogens is 268 g/mol. The highest BCUT2D eigenvalue weighted by molar-refractivity contribution is 9.10. The first kappa shape index (κ1) is 9.50. The van der Waals surface area contributed by atoms with Crippen LogP contribution in [-0.4, -0.2) is 0 Å². The molecule has 0 saturated heterocycles. The first-order valence-corrected chi connectivity index (χ1v) is 6.07. The fourth-order valence-corrected chi connectivity index (χ4v) is 3.30. The molecule has 0 aliphatic carbocycles. The van der Waals surface area contributed by atoms with Gasteiger partial charge in [-0.2, -0.15) is 0 Å². The van der Waals surface area contributed by atoms with Gasteiger partial charge in [0.05, 0.1) is 4.34 Å². The number of hydrogen-bond donors (Lipinski definition) is 0. The lowest BCUT2D eigenvalue weighted by atomic mass is 10.1. The van der Waals surface area contributed by atoms with Gasteiger partial charge in [0.1, 0.15) is 0 Å². The van der Waals surface area contributed by atoms with E-state index in [9.17, 15) is 0 Å². The Morgan fingerprint density at radius 1 is 1.38 bits per heavy atom. The van der Waals surface area contributed by atoms with E-state index in [-0.39, 0.29) is 0 Å². The number of aryl methyl sites for hydroxylation is 1. The zero-order chi connectivity index (χ0) is 9.42. The summed E-state index contributed by atoms with van der Waals surface area (Å²) in [6.07, 6.45) is 1.05. The van der Waals surface area contributed by atoms with Gasteiger partial charge in [0.2, 0.25) is 0 Å². The smallest absolute Gasteiger partial charge is 0.0940 e. The highest BCUT2D eigenvalue weighted by Crippen LogP contribution is 2.33. The second-order valence-corrected chi connectivity index (χ2v) is 5.45. The normalized spacial score (nSPS) is 11.0. The van der Waals surface area contributed by atoms with Crippen molar-refractivity contribution in [2.75, 3.05) is 0 Å². The molecule has 1 aromatic heterocycles. The van der Waals surface area contributed by atoms with E-state index in [1.165, 1.54) is 20.1 Å². The molecule has 0 saturated carbocycles. The van der Waals surface area contributed by atoms with Crippen LogP contribution in [0.4, 0.5) is 0 Å². The van der Waals surface area contributed by atoms with Crippen LogP contribution in [0, 0.1) is 0 Å². The standard InChI is InChI=1S/C10H8BrClS/c1-2-6-3-7-4-10(12)13-9(7)5-8(6)11/h3-5H,2H2,1H3. The van der Waals surface area contributed by atoms with Crippen molar-refractivity contribution in [2.45, 2.75) is 13.3 Å². The van der Waals surface area contributed by atoms with Gasteiger partial charge in [-0.15, -0.1) is 11.3 Å². The van der Waals surface area contributed by atoms with E-state index in [0.717, 1.165) is 10.8 Å². The summed E-state index contributed by atoms with van der Waals surface area (Å²) in [6, 6.07) is 6.36. The van der Waals surface area contributed by atoms with Crippen molar-refractivity contribution >= 4 is 49.0 Å². The Morgan fingerprint density at radius 2 is 2.15 bits per heavy atom. The molecule has 0 spiro atoms. The van der Waals surface area contributed by atoms with Gasteiger partial charge in [-0.25, -0.2) is 0 Å². The van der Waals surface area contributed by atoms with Crippen molar-refractivity contribution in [1.29, 1.82) is 0 Å².